The van der Waals surface area contributed by atoms with Crippen molar-refractivity contribution < 1.29 is 28.9 Å². The summed E-state index contributed by atoms with van der Waals surface area (Å²) in [5, 5.41) is 10.1. The first-order valence-corrected chi connectivity index (χ1v) is 7.05. The molecule has 0 bridgehead atoms. The molecule has 2 aliphatic heterocycles. The van der Waals surface area contributed by atoms with E-state index >= 15 is 0 Å². The van der Waals surface area contributed by atoms with Gasteiger partial charge >= 0.3 is 11.9 Å². The molecule has 114 valence electrons. The molecule has 2 rings (SSSR count). The molecule has 0 spiro atoms. The summed E-state index contributed by atoms with van der Waals surface area (Å²) in [6.07, 6.45) is 0.507. The van der Waals surface area contributed by atoms with Gasteiger partial charge in [0.05, 0.1) is 12.7 Å². The lowest BCUT2D eigenvalue weighted by Crippen LogP contribution is -2.48. The first-order chi connectivity index (χ1) is 9.31. The summed E-state index contributed by atoms with van der Waals surface area (Å²) in [4.78, 5) is 23.0. The number of hydrogen-bond donors (Lipinski definition) is 1. The van der Waals surface area contributed by atoms with E-state index < -0.39 is 23.3 Å². The smallest absolute Gasteiger partial charge is 0.337 e. The van der Waals surface area contributed by atoms with Gasteiger partial charge in [-0.15, -0.1) is 0 Å². The van der Waals surface area contributed by atoms with Gasteiger partial charge in [0.15, 0.2) is 6.10 Å². The normalized spacial score (nSPS) is 38.6. The molecule has 6 nitrogen and oxygen atoms in total. The van der Waals surface area contributed by atoms with Crippen molar-refractivity contribution in [2.24, 2.45) is 0 Å². The van der Waals surface area contributed by atoms with Gasteiger partial charge in [-0.3, -0.25) is 4.79 Å². The van der Waals surface area contributed by atoms with Crippen LogP contribution in [0.4, 0.5) is 0 Å². The molecule has 0 amide bonds. The van der Waals surface area contributed by atoms with Crippen molar-refractivity contribution in [2.75, 3.05) is 6.61 Å². The van der Waals surface area contributed by atoms with E-state index in [4.69, 9.17) is 14.2 Å². The third kappa shape index (κ3) is 2.67. The van der Waals surface area contributed by atoms with Crippen molar-refractivity contribution in [2.45, 2.75) is 69.9 Å². The maximum Gasteiger partial charge on any atom is 0.337 e. The van der Waals surface area contributed by atoms with E-state index in [0.29, 0.717) is 25.7 Å². The lowest BCUT2D eigenvalue weighted by Gasteiger charge is -2.33. The molecule has 2 aliphatic rings. The van der Waals surface area contributed by atoms with Gasteiger partial charge in [-0.2, -0.15) is 0 Å². The number of carbonyl (C=O) groups excluding carboxylic acids is 2. The first kappa shape index (κ1) is 15.3. The van der Waals surface area contributed by atoms with E-state index in [1.54, 1.807) is 13.8 Å². The number of ether oxygens (including phenoxy) is 3. The van der Waals surface area contributed by atoms with Crippen LogP contribution in [0.2, 0.25) is 0 Å². The second-order valence-corrected chi connectivity index (χ2v) is 5.90. The van der Waals surface area contributed by atoms with Gasteiger partial charge in [0.25, 0.3) is 0 Å². The lowest BCUT2D eigenvalue weighted by atomic mass is 9.91. The van der Waals surface area contributed by atoms with Gasteiger partial charge in [0, 0.05) is 6.42 Å². The lowest BCUT2D eigenvalue weighted by molar-refractivity contribution is -0.189. The fourth-order valence-electron chi connectivity index (χ4n) is 2.90. The Labute approximate surface area is 118 Å². The van der Waals surface area contributed by atoms with E-state index in [-0.39, 0.29) is 18.7 Å². The van der Waals surface area contributed by atoms with Crippen LogP contribution in [0.3, 0.4) is 0 Å². The molecule has 2 heterocycles. The average molecular weight is 286 g/mol. The monoisotopic (exact) mass is 286 g/mol. The Bertz CT molecular complexity index is 408. The summed E-state index contributed by atoms with van der Waals surface area (Å²) in [6.45, 7) is 5.43. The van der Waals surface area contributed by atoms with Crippen LogP contribution < -0.4 is 0 Å². The largest absolute Gasteiger partial charge is 0.464 e. The van der Waals surface area contributed by atoms with Crippen LogP contribution in [0, 0.1) is 0 Å². The minimum Gasteiger partial charge on any atom is -0.464 e. The Morgan fingerprint density at radius 1 is 1.50 bits per heavy atom. The van der Waals surface area contributed by atoms with Crippen molar-refractivity contribution in [1.82, 2.24) is 0 Å². The van der Waals surface area contributed by atoms with Crippen LogP contribution in [0.5, 0.6) is 0 Å². The fourth-order valence-corrected chi connectivity index (χ4v) is 2.90. The van der Waals surface area contributed by atoms with Gasteiger partial charge in [-0.05, 0) is 40.0 Å². The van der Waals surface area contributed by atoms with Crippen LogP contribution in [-0.2, 0) is 23.8 Å². The molecule has 0 aromatic carbocycles. The molecule has 0 unspecified atom stereocenters. The number of esters is 2. The van der Waals surface area contributed by atoms with Crippen LogP contribution >= 0.6 is 0 Å². The highest BCUT2D eigenvalue weighted by Crippen LogP contribution is 2.42. The van der Waals surface area contributed by atoms with E-state index in [2.05, 4.69) is 0 Å². The van der Waals surface area contributed by atoms with E-state index in [1.807, 2.05) is 6.92 Å². The first-order valence-electron chi connectivity index (χ1n) is 7.05. The second kappa shape index (κ2) is 5.33. The predicted octanol–water partition coefficient (Wildman–Crippen LogP) is 0.944. The van der Waals surface area contributed by atoms with Crippen LogP contribution in [0.15, 0.2) is 0 Å². The molecule has 4 atom stereocenters. The molecular formula is C14H22O6. The summed E-state index contributed by atoms with van der Waals surface area (Å²) in [7, 11) is 0. The summed E-state index contributed by atoms with van der Waals surface area (Å²) in [5.74, 6) is -0.903. The van der Waals surface area contributed by atoms with Crippen molar-refractivity contribution in [3.63, 3.8) is 0 Å². The zero-order valence-corrected chi connectivity index (χ0v) is 12.2. The SMILES string of the molecule is CCOC(=O)[C@@H](O)[C@]1(C)CC[C@H]([C@]2(C)CCC(=O)O2)O1. The van der Waals surface area contributed by atoms with Gasteiger partial charge in [-0.1, -0.05) is 0 Å². The Balaban J connectivity index is 2.03. The fraction of sp³-hybridized carbons (Fsp3) is 0.857. The highest BCUT2D eigenvalue weighted by Gasteiger charge is 2.53. The molecule has 6 heteroatoms. The molecule has 0 aliphatic carbocycles. The molecule has 2 saturated heterocycles. The quantitative estimate of drug-likeness (QED) is 0.775. The molecule has 1 N–H and O–H groups in total. The Hall–Kier alpha value is -1.14. The molecular weight excluding hydrogens is 264 g/mol. The standard InChI is InChI=1S/C14H22O6/c1-4-18-12(17)11(16)14(3)7-5-9(19-14)13(2)8-6-10(15)20-13/h9,11,16H,4-8H2,1-3H3/t9-,11-,13+,14+/m1/s1. The van der Waals surface area contributed by atoms with Gasteiger partial charge < -0.3 is 19.3 Å². The summed E-state index contributed by atoms with van der Waals surface area (Å²) < 4.78 is 16.1. The predicted molar refractivity (Wildman–Crippen MR) is 68.9 cm³/mol. The van der Waals surface area contributed by atoms with Crippen LogP contribution in [-0.4, -0.2) is 47.1 Å². The Morgan fingerprint density at radius 2 is 2.20 bits per heavy atom. The average Bonchev–Trinajstić information content (AvgIpc) is 2.95. The second-order valence-electron chi connectivity index (χ2n) is 5.90. The molecule has 0 aromatic heterocycles. The van der Waals surface area contributed by atoms with Crippen molar-refractivity contribution in [1.29, 1.82) is 0 Å². The maximum absolute atomic E-state index is 11.7. The number of aliphatic hydroxyl groups excluding tert-OH is 1. The Kier molecular flexibility index (Phi) is 4.07. The summed E-state index contributed by atoms with van der Waals surface area (Å²) in [6, 6.07) is 0. The molecule has 0 aromatic rings. The van der Waals surface area contributed by atoms with E-state index in [0.717, 1.165) is 0 Å². The minimum absolute atomic E-state index is 0.213. The highest BCUT2D eigenvalue weighted by molar-refractivity contribution is 5.76. The minimum atomic E-state index is -1.33. The van der Waals surface area contributed by atoms with E-state index in [1.165, 1.54) is 0 Å². The Morgan fingerprint density at radius 3 is 2.75 bits per heavy atom. The van der Waals surface area contributed by atoms with Crippen LogP contribution in [0.25, 0.3) is 0 Å². The summed E-state index contributed by atoms with van der Waals surface area (Å²) in [5.41, 5.74) is -1.65. The number of cyclic esters (lactones) is 1. The number of aliphatic hydroxyl groups is 1. The third-order valence-corrected chi connectivity index (χ3v) is 4.26. The number of hydrogen-bond acceptors (Lipinski definition) is 6. The number of carbonyl (C=O) groups is 2. The molecule has 2 fully saturated rings. The van der Waals surface area contributed by atoms with Crippen LogP contribution in [0.1, 0.15) is 46.5 Å². The topological polar surface area (TPSA) is 82.1 Å². The maximum atomic E-state index is 11.7. The number of rotatable bonds is 4. The van der Waals surface area contributed by atoms with Crippen molar-refractivity contribution >= 4 is 11.9 Å². The van der Waals surface area contributed by atoms with Gasteiger partial charge in [0.2, 0.25) is 0 Å². The summed E-state index contributed by atoms with van der Waals surface area (Å²) >= 11 is 0. The molecule has 0 saturated carbocycles. The van der Waals surface area contributed by atoms with E-state index in [9.17, 15) is 14.7 Å². The van der Waals surface area contributed by atoms with Crippen molar-refractivity contribution in [3.8, 4) is 0 Å². The highest BCUT2D eigenvalue weighted by atomic mass is 16.6. The van der Waals surface area contributed by atoms with Crippen molar-refractivity contribution in [3.05, 3.63) is 0 Å². The molecule has 20 heavy (non-hydrogen) atoms. The van der Waals surface area contributed by atoms with Gasteiger partial charge in [0.1, 0.15) is 11.2 Å². The molecule has 0 radical (unpaired) electrons. The van der Waals surface area contributed by atoms with Gasteiger partial charge in [-0.25, -0.2) is 4.79 Å². The zero-order valence-electron chi connectivity index (χ0n) is 12.2. The zero-order chi connectivity index (χ0) is 15.0. The third-order valence-electron chi connectivity index (χ3n) is 4.26.